The Morgan fingerprint density at radius 3 is 2.46 bits per heavy atom. The highest BCUT2D eigenvalue weighted by atomic mass is 19.1. The minimum atomic E-state index is -0.530. The maximum absolute atomic E-state index is 13.5. The maximum atomic E-state index is 13.5. The highest BCUT2D eigenvalue weighted by molar-refractivity contribution is 5.96. The molecule has 0 bridgehead atoms. The Labute approximate surface area is 235 Å². The van der Waals surface area contributed by atoms with Gasteiger partial charge in [0.05, 0.1) is 24.7 Å². The maximum Gasteiger partial charge on any atom is 0.238 e. The van der Waals surface area contributed by atoms with E-state index in [2.05, 4.69) is 20.3 Å². The number of carbonyl (C=O) groups is 1. The number of hydrogen-bond donors (Lipinski definition) is 0. The first-order valence-corrected chi connectivity index (χ1v) is 13.2. The first-order valence-electron chi connectivity index (χ1n) is 13.2. The Morgan fingerprint density at radius 2 is 1.80 bits per heavy atom. The molecule has 0 aliphatic heterocycles. The zero-order valence-electron chi connectivity index (χ0n) is 23.1. The van der Waals surface area contributed by atoms with E-state index >= 15 is 0 Å². The van der Waals surface area contributed by atoms with Gasteiger partial charge in [-0.15, -0.1) is 5.10 Å². The van der Waals surface area contributed by atoms with Gasteiger partial charge in [0, 0.05) is 35.5 Å². The lowest BCUT2D eigenvalue weighted by Crippen LogP contribution is -2.25. The number of ether oxygens (including phenoxy) is 2. The fourth-order valence-corrected chi connectivity index (χ4v) is 4.39. The number of fused-ring (bicyclic) bond motifs is 1. The number of aromatic nitrogens is 5. The number of hydrogen-bond acceptors (Lipinski definition) is 8. The van der Waals surface area contributed by atoms with Gasteiger partial charge in [-0.05, 0) is 67.8 Å². The van der Waals surface area contributed by atoms with Crippen LogP contribution in [0.2, 0.25) is 0 Å². The van der Waals surface area contributed by atoms with Crippen LogP contribution in [0.1, 0.15) is 48.6 Å². The molecule has 5 rings (SSSR count). The van der Waals surface area contributed by atoms with Crippen molar-refractivity contribution in [3.63, 3.8) is 0 Å². The van der Waals surface area contributed by atoms with Gasteiger partial charge in [0.25, 0.3) is 0 Å². The summed E-state index contributed by atoms with van der Waals surface area (Å²) in [6.45, 7) is 5.81. The van der Waals surface area contributed by atoms with Crippen molar-refractivity contribution >= 4 is 16.7 Å². The third-order valence-electron chi connectivity index (χ3n) is 6.62. The van der Waals surface area contributed by atoms with Crippen molar-refractivity contribution in [2.75, 3.05) is 7.11 Å². The second-order valence-corrected chi connectivity index (χ2v) is 9.71. The molecule has 0 spiro atoms. The second-order valence-electron chi connectivity index (χ2n) is 9.71. The van der Waals surface area contributed by atoms with Gasteiger partial charge in [-0.1, -0.05) is 19.1 Å². The normalized spacial score (nSPS) is 11.2. The summed E-state index contributed by atoms with van der Waals surface area (Å²) in [6.07, 6.45) is 3.84. The van der Waals surface area contributed by atoms with Gasteiger partial charge < -0.3 is 9.47 Å². The van der Waals surface area contributed by atoms with E-state index in [-0.39, 0.29) is 29.6 Å². The minimum Gasteiger partial charge on any atom is -0.496 e. The lowest BCUT2D eigenvalue weighted by Gasteiger charge is -2.13. The topological polar surface area (TPSA) is 109 Å². The summed E-state index contributed by atoms with van der Waals surface area (Å²) in [5.74, 6) is 0.578. The van der Waals surface area contributed by atoms with Crippen LogP contribution in [0.3, 0.4) is 0 Å². The zero-order valence-corrected chi connectivity index (χ0v) is 23.1. The number of nitrogens with zero attached hydrogens (tertiary/aromatic N) is 5. The second kappa shape index (κ2) is 11.6. The molecule has 0 aliphatic rings. The Morgan fingerprint density at radius 1 is 1.02 bits per heavy atom. The number of aryl methyl sites for hydroxylation is 1. The van der Waals surface area contributed by atoms with Crippen molar-refractivity contribution in [1.82, 2.24) is 25.0 Å². The zero-order chi connectivity index (χ0) is 29.1. The van der Waals surface area contributed by atoms with E-state index in [1.807, 2.05) is 32.9 Å². The first-order chi connectivity index (χ1) is 19.8. The number of methoxy groups -OCH3 is 1. The summed E-state index contributed by atoms with van der Waals surface area (Å²) in [6, 6.07) is 14.2. The summed E-state index contributed by atoms with van der Waals surface area (Å²) in [5.41, 5.74) is 2.16. The monoisotopic (exact) mass is 553 g/mol. The summed E-state index contributed by atoms with van der Waals surface area (Å²) in [5, 5.41) is 13.3. The predicted molar refractivity (Wildman–Crippen MR) is 152 cm³/mol. The van der Waals surface area contributed by atoms with Gasteiger partial charge in [-0.2, -0.15) is 10.2 Å². The third-order valence-corrected chi connectivity index (χ3v) is 6.62. The third kappa shape index (κ3) is 5.81. The molecular weight excluding hydrogens is 525 g/mol. The molecule has 0 saturated heterocycles. The van der Waals surface area contributed by atoms with Crippen LogP contribution in [0.5, 0.6) is 17.4 Å². The van der Waals surface area contributed by atoms with E-state index in [0.717, 1.165) is 28.6 Å². The highest BCUT2D eigenvalue weighted by Crippen LogP contribution is 2.33. The van der Waals surface area contributed by atoms with Crippen LogP contribution in [-0.4, -0.2) is 37.9 Å². The summed E-state index contributed by atoms with van der Waals surface area (Å²) < 4.78 is 26.5. The number of halogens is 1. The van der Waals surface area contributed by atoms with Crippen LogP contribution in [0.25, 0.3) is 22.0 Å². The molecule has 3 heterocycles. The Hall–Kier alpha value is -4.99. The molecule has 0 N–H and O–H groups in total. The largest absolute Gasteiger partial charge is 0.496 e. The molecular formula is C31H28FN5O4. The average Bonchev–Trinajstić information content (AvgIpc) is 2.98. The quantitative estimate of drug-likeness (QED) is 0.212. The number of ketones is 1. The Bertz CT molecular complexity index is 1780. The molecule has 10 heteroatoms. The van der Waals surface area contributed by atoms with Gasteiger partial charge in [0.15, 0.2) is 11.5 Å². The van der Waals surface area contributed by atoms with Gasteiger partial charge in [-0.3, -0.25) is 19.3 Å². The van der Waals surface area contributed by atoms with Crippen molar-refractivity contribution in [3.8, 4) is 28.5 Å². The predicted octanol–water partition coefficient (Wildman–Crippen LogP) is 5.76. The van der Waals surface area contributed by atoms with E-state index < -0.39 is 17.0 Å². The van der Waals surface area contributed by atoms with Crippen LogP contribution in [0.15, 0.2) is 71.8 Å². The van der Waals surface area contributed by atoms with Crippen LogP contribution in [0, 0.1) is 5.82 Å². The minimum absolute atomic E-state index is 0.115. The van der Waals surface area contributed by atoms with E-state index in [0.29, 0.717) is 17.0 Å². The molecule has 0 amide bonds. The van der Waals surface area contributed by atoms with Gasteiger partial charge >= 0.3 is 0 Å². The van der Waals surface area contributed by atoms with Gasteiger partial charge in [0.1, 0.15) is 17.3 Å². The smallest absolute Gasteiger partial charge is 0.238 e. The summed E-state index contributed by atoms with van der Waals surface area (Å²) >= 11 is 0. The standard InChI is InChI=1S/C31H28FN5O4/c1-5-19-14-25-23(16-28(19)40-4)27(12-13-33-25)41-29-11-10-22(34-35-29)15-26(38)30-31(39)24(17-37(36-30)18(2)3)20-6-8-21(32)9-7-20/h6-14,16-18H,5,15H2,1-4H3. The molecule has 9 nitrogen and oxygen atoms in total. The van der Waals surface area contributed by atoms with Crippen molar-refractivity contribution in [2.45, 2.75) is 39.7 Å². The van der Waals surface area contributed by atoms with Gasteiger partial charge in [-0.25, -0.2) is 4.39 Å². The molecule has 2 aromatic carbocycles. The molecule has 0 aliphatic carbocycles. The molecule has 0 atom stereocenters. The SMILES string of the molecule is CCc1cc2nccc(Oc3ccc(CC(=O)c4nn(C(C)C)cc(-c5ccc(F)cc5)c4=O)nn3)c2cc1OC. The lowest BCUT2D eigenvalue weighted by atomic mass is 10.0. The lowest BCUT2D eigenvalue weighted by molar-refractivity contribution is 0.0983. The molecule has 0 radical (unpaired) electrons. The number of rotatable bonds is 9. The van der Waals surface area contributed by atoms with Crippen molar-refractivity contribution < 1.29 is 18.7 Å². The molecule has 208 valence electrons. The Balaban J connectivity index is 1.39. The fourth-order valence-electron chi connectivity index (χ4n) is 4.39. The van der Waals surface area contributed by atoms with Gasteiger partial charge in [0.2, 0.25) is 11.3 Å². The molecule has 5 aromatic rings. The number of benzene rings is 2. The van der Waals surface area contributed by atoms with Crippen molar-refractivity contribution in [2.24, 2.45) is 0 Å². The van der Waals surface area contributed by atoms with E-state index in [1.54, 1.807) is 42.4 Å². The first kappa shape index (κ1) is 27.6. The number of carbonyl (C=O) groups excluding carboxylic acids is 1. The van der Waals surface area contributed by atoms with Crippen LogP contribution >= 0.6 is 0 Å². The number of pyridine rings is 1. The highest BCUT2D eigenvalue weighted by Gasteiger charge is 2.20. The molecule has 41 heavy (non-hydrogen) atoms. The molecule has 0 fully saturated rings. The Kier molecular flexibility index (Phi) is 7.82. The van der Waals surface area contributed by atoms with E-state index in [9.17, 15) is 14.0 Å². The molecule has 0 saturated carbocycles. The fraction of sp³-hybridized carbons (Fsp3) is 0.226. The number of Topliss-reactive ketones (excluding diaryl/α,β-unsaturated/α-hetero) is 1. The summed E-state index contributed by atoms with van der Waals surface area (Å²) in [7, 11) is 1.62. The van der Waals surface area contributed by atoms with Crippen LogP contribution < -0.4 is 14.9 Å². The van der Waals surface area contributed by atoms with Crippen molar-refractivity contribution in [1.29, 1.82) is 0 Å². The molecule has 0 unspecified atom stereocenters. The summed E-state index contributed by atoms with van der Waals surface area (Å²) in [4.78, 5) is 30.9. The van der Waals surface area contributed by atoms with Crippen molar-refractivity contribution in [3.05, 3.63) is 100.0 Å². The van der Waals surface area contributed by atoms with E-state index in [4.69, 9.17) is 9.47 Å². The average molecular weight is 554 g/mol. The van der Waals surface area contributed by atoms with Crippen LogP contribution in [0.4, 0.5) is 4.39 Å². The van der Waals surface area contributed by atoms with Crippen LogP contribution in [-0.2, 0) is 12.8 Å². The molecule has 3 aromatic heterocycles. The van der Waals surface area contributed by atoms with E-state index in [1.165, 1.54) is 24.3 Å².